The molecule has 18 heavy (non-hydrogen) atoms. The first-order chi connectivity index (χ1) is 8.48. The number of hydrogen-bond acceptors (Lipinski definition) is 3. The molecule has 1 heterocycles. The molecule has 0 amide bonds. The van der Waals surface area contributed by atoms with Gasteiger partial charge in [-0.1, -0.05) is 22.0 Å². The van der Waals surface area contributed by atoms with Crippen molar-refractivity contribution >= 4 is 21.6 Å². The molecule has 0 saturated carbocycles. The second kappa shape index (κ2) is 5.59. The van der Waals surface area contributed by atoms with Crippen LogP contribution >= 0.6 is 15.9 Å². The van der Waals surface area contributed by atoms with Gasteiger partial charge < -0.3 is 10.8 Å². The van der Waals surface area contributed by atoms with Crippen molar-refractivity contribution in [3.05, 3.63) is 28.2 Å². The van der Waals surface area contributed by atoms with Crippen LogP contribution in [0.4, 0.5) is 5.69 Å². The topological polar surface area (TPSA) is 49.5 Å². The average molecular weight is 313 g/mol. The van der Waals surface area contributed by atoms with Gasteiger partial charge in [-0.25, -0.2) is 0 Å². The number of halogens is 1. The largest absolute Gasteiger partial charge is 0.398 e. The number of benzene rings is 1. The Balaban J connectivity index is 2.05. The number of aliphatic hydroxyl groups is 1. The summed E-state index contributed by atoms with van der Waals surface area (Å²) in [7, 11) is 0. The third-order valence-corrected chi connectivity index (χ3v) is 4.44. The molecule has 1 aliphatic heterocycles. The minimum Gasteiger partial charge on any atom is -0.398 e. The first-order valence-electron chi connectivity index (χ1n) is 6.45. The van der Waals surface area contributed by atoms with E-state index in [9.17, 15) is 5.11 Å². The van der Waals surface area contributed by atoms with Crippen molar-refractivity contribution in [3.8, 4) is 0 Å². The molecule has 1 fully saturated rings. The van der Waals surface area contributed by atoms with Gasteiger partial charge in [0.1, 0.15) is 0 Å². The maximum atomic E-state index is 10.1. The highest BCUT2D eigenvalue weighted by Crippen LogP contribution is 2.27. The van der Waals surface area contributed by atoms with Crippen LogP contribution in [-0.4, -0.2) is 28.7 Å². The lowest BCUT2D eigenvalue weighted by molar-refractivity contribution is 0.0444. The number of nitrogen functional groups attached to an aromatic ring is 1. The van der Waals surface area contributed by atoms with Crippen molar-refractivity contribution in [1.82, 2.24) is 4.90 Å². The fourth-order valence-corrected chi connectivity index (χ4v) is 2.95. The molecule has 0 aliphatic carbocycles. The number of likely N-dealkylation sites (tertiary alicyclic amines) is 1. The second-order valence-electron chi connectivity index (χ2n) is 5.43. The first-order valence-corrected chi connectivity index (χ1v) is 7.25. The number of nitrogens with two attached hydrogens (primary N) is 1. The fourth-order valence-electron chi connectivity index (χ4n) is 2.44. The molecular formula is C14H21BrN2O. The van der Waals surface area contributed by atoms with Crippen LogP contribution in [0.1, 0.15) is 31.7 Å². The summed E-state index contributed by atoms with van der Waals surface area (Å²) in [5, 5.41) is 10.1. The summed E-state index contributed by atoms with van der Waals surface area (Å²) in [6, 6.07) is 5.92. The van der Waals surface area contributed by atoms with Gasteiger partial charge in [-0.2, -0.15) is 0 Å². The monoisotopic (exact) mass is 312 g/mol. The van der Waals surface area contributed by atoms with Crippen molar-refractivity contribution < 1.29 is 5.11 Å². The third kappa shape index (κ3) is 3.46. The molecule has 3 nitrogen and oxygen atoms in total. The zero-order chi connectivity index (χ0) is 13.2. The lowest BCUT2D eigenvalue weighted by Gasteiger charge is -2.23. The minimum absolute atomic E-state index is 0.506. The van der Waals surface area contributed by atoms with Crippen LogP contribution in [0.25, 0.3) is 0 Å². The number of rotatable bonds is 2. The minimum atomic E-state index is -0.506. The molecule has 1 aromatic rings. The van der Waals surface area contributed by atoms with Crippen molar-refractivity contribution in [2.75, 3.05) is 18.8 Å². The van der Waals surface area contributed by atoms with Crippen LogP contribution < -0.4 is 5.73 Å². The van der Waals surface area contributed by atoms with E-state index < -0.39 is 5.60 Å². The van der Waals surface area contributed by atoms with Gasteiger partial charge in [0.15, 0.2) is 0 Å². The second-order valence-corrected chi connectivity index (χ2v) is 6.29. The van der Waals surface area contributed by atoms with Gasteiger partial charge in [0.25, 0.3) is 0 Å². The van der Waals surface area contributed by atoms with Crippen LogP contribution in [-0.2, 0) is 6.54 Å². The van der Waals surface area contributed by atoms with Gasteiger partial charge >= 0.3 is 0 Å². The van der Waals surface area contributed by atoms with Crippen LogP contribution in [0, 0.1) is 0 Å². The van der Waals surface area contributed by atoms with Gasteiger partial charge in [-0.15, -0.1) is 0 Å². The zero-order valence-electron chi connectivity index (χ0n) is 10.8. The van der Waals surface area contributed by atoms with Gasteiger partial charge in [0, 0.05) is 28.8 Å². The Bertz CT molecular complexity index is 400. The first kappa shape index (κ1) is 13.8. The third-order valence-electron chi connectivity index (χ3n) is 3.69. The van der Waals surface area contributed by atoms with Crippen LogP contribution in [0.5, 0.6) is 0 Å². The normalized spacial score (nSPS) is 25.9. The van der Waals surface area contributed by atoms with Gasteiger partial charge in [0.05, 0.1) is 5.60 Å². The molecule has 0 radical (unpaired) electrons. The standard InChI is InChI=1S/C14H21BrN2O/c1-14(18)6-3-8-17(9-7-14)10-11-12(15)4-2-5-13(11)16/h2,4-5,18H,3,6-10,16H2,1H3. The van der Waals surface area contributed by atoms with E-state index in [-0.39, 0.29) is 0 Å². The molecule has 0 aromatic heterocycles. The Morgan fingerprint density at radius 2 is 2.17 bits per heavy atom. The molecule has 3 N–H and O–H groups in total. The predicted octanol–water partition coefficient (Wildman–Crippen LogP) is 2.77. The lowest BCUT2D eigenvalue weighted by atomic mass is 9.98. The average Bonchev–Trinajstić information content (AvgIpc) is 2.46. The summed E-state index contributed by atoms with van der Waals surface area (Å²) >= 11 is 3.56. The van der Waals surface area contributed by atoms with Crippen LogP contribution in [0.15, 0.2) is 22.7 Å². The molecule has 0 bridgehead atoms. The Labute approximate surface area is 117 Å². The number of anilines is 1. The molecular weight excluding hydrogens is 292 g/mol. The van der Waals surface area contributed by atoms with E-state index in [0.717, 1.165) is 54.6 Å². The Morgan fingerprint density at radius 1 is 1.39 bits per heavy atom. The van der Waals surface area contributed by atoms with Crippen LogP contribution in [0.3, 0.4) is 0 Å². The lowest BCUT2D eigenvalue weighted by Crippen LogP contribution is -2.28. The van der Waals surface area contributed by atoms with E-state index in [2.05, 4.69) is 20.8 Å². The van der Waals surface area contributed by atoms with Gasteiger partial charge in [-0.05, 0) is 44.9 Å². The summed E-state index contributed by atoms with van der Waals surface area (Å²) in [4.78, 5) is 2.37. The van der Waals surface area contributed by atoms with E-state index in [0.29, 0.717) is 0 Å². The molecule has 100 valence electrons. The molecule has 4 heteroatoms. The predicted molar refractivity (Wildman–Crippen MR) is 78.3 cm³/mol. The Morgan fingerprint density at radius 3 is 2.89 bits per heavy atom. The summed E-state index contributed by atoms with van der Waals surface area (Å²) in [6.45, 7) is 4.73. The van der Waals surface area contributed by atoms with E-state index in [1.807, 2.05) is 25.1 Å². The molecule has 1 aliphatic rings. The highest BCUT2D eigenvalue weighted by atomic mass is 79.9. The molecule has 0 spiro atoms. The molecule has 1 saturated heterocycles. The SMILES string of the molecule is CC1(O)CCCN(Cc2c(N)cccc2Br)CC1. The van der Waals surface area contributed by atoms with E-state index in [4.69, 9.17) is 5.73 Å². The smallest absolute Gasteiger partial charge is 0.0632 e. The summed E-state index contributed by atoms with van der Waals surface area (Å²) in [5.41, 5.74) is 7.50. The molecule has 1 aromatic carbocycles. The van der Waals surface area contributed by atoms with Crippen molar-refractivity contribution in [1.29, 1.82) is 0 Å². The van der Waals surface area contributed by atoms with E-state index in [1.54, 1.807) is 0 Å². The molecule has 1 unspecified atom stereocenters. The van der Waals surface area contributed by atoms with Crippen molar-refractivity contribution in [2.45, 2.75) is 38.3 Å². The number of hydrogen-bond donors (Lipinski definition) is 2. The van der Waals surface area contributed by atoms with E-state index in [1.165, 1.54) is 0 Å². The molecule has 1 atom stereocenters. The summed E-state index contributed by atoms with van der Waals surface area (Å²) < 4.78 is 1.07. The summed E-state index contributed by atoms with van der Waals surface area (Å²) in [6.07, 6.45) is 2.75. The quantitative estimate of drug-likeness (QED) is 0.826. The highest BCUT2D eigenvalue weighted by Gasteiger charge is 2.25. The number of nitrogens with zero attached hydrogens (tertiary/aromatic N) is 1. The van der Waals surface area contributed by atoms with Crippen LogP contribution in [0.2, 0.25) is 0 Å². The summed E-state index contributed by atoms with van der Waals surface area (Å²) in [5.74, 6) is 0. The molecule has 2 rings (SSSR count). The van der Waals surface area contributed by atoms with Crippen molar-refractivity contribution in [2.24, 2.45) is 0 Å². The fraction of sp³-hybridized carbons (Fsp3) is 0.571. The Hall–Kier alpha value is -0.580. The van der Waals surface area contributed by atoms with Gasteiger partial charge in [-0.3, -0.25) is 4.90 Å². The van der Waals surface area contributed by atoms with Crippen molar-refractivity contribution in [3.63, 3.8) is 0 Å². The zero-order valence-corrected chi connectivity index (χ0v) is 12.4. The maximum absolute atomic E-state index is 10.1. The maximum Gasteiger partial charge on any atom is 0.0632 e. The highest BCUT2D eigenvalue weighted by molar-refractivity contribution is 9.10. The van der Waals surface area contributed by atoms with Gasteiger partial charge in [0.2, 0.25) is 0 Å². The van der Waals surface area contributed by atoms with E-state index >= 15 is 0 Å². The Kier molecular flexibility index (Phi) is 4.30.